The van der Waals surface area contributed by atoms with Crippen LogP contribution in [0, 0.1) is 5.41 Å². The Labute approximate surface area is 102 Å². The molecule has 3 heteroatoms. The molecular formula is C14H20N2O. The van der Waals surface area contributed by atoms with Crippen LogP contribution < -0.4 is 5.56 Å². The minimum absolute atomic E-state index is 0.0515. The number of allylic oxidation sites excluding steroid dienone is 1. The van der Waals surface area contributed by atoms with Crippen LogP contribution in [0.3, 0.4) is 0 Å². The summed E-state index contributed by atoms with van der Waals surface area (Å²) in [6, 6.07) is 0. The predicted molar refractivity (Wildman–Crippen MR) is 69.1 cm³/mol. The van der Waals surface area contributed by atoms with Crippen molar-refractivity contribution in [3.8, 4) is 0 Å². The van der Waals surface area contributed by atoms with Crippen LogP contribution in [0.4, 0.5) is 0 Å². The maximum atomic E-state index is 12.2. The normalized spacial score (nSPS) is 17.8. The van der Waals surface area contributed by atoms with Crippen molar-refractivity contribution in [2.24, 2.45) is 5.41 Å². The van der Waals surface area contributed by atoms with E-state index in [1.165, 1.54) is 6.42 Å². The van der Waals surface area contributed by atoms with Crippen LogP contribution in [0.2, 0.25) is 0 Å². The molecule has 0 amide bonds. The van der Waals surface area contributed by atoms with E-state index in [0.717, 1.165) is 19.4 Å². The van der Waals surface area contributed by atoms with Crippen molar-refractivity contribution in [3.05, 3.63) is 41.1 Å². The highest BCUT2D eigenvalue weighted by molar-refractivity contribution is 5.06. The molecular weight excluding hydrogens is 212 g/mol. The molecule has 17 heavy (non-hydrogen) atoms. The average molecular weight is 232 g/mol. The third-order valence-electron chi connectivity index (χ3n) is 3.75. The molecule has 0 atom stereocenters. The molecule has 0 saturated heterocycles. The largest absolute Gasteiger partial charge is 0.312 e. The van der Waals surface area contributed by atoms with Crippen molar-refractivity contribution >= 4 is 0 Å². The van der Waals surface area contributed by atoms with Crippen LogP contribution in [0.25, 0.3) is 0 Å². The van der Waals surface area contributed by atoms with Gasteiger partial charge in [-0.2, -0.15) is 0 Å². The molecule has 1 aliphatic rings. The van der Waals surface area contributed by atoms with Gasteiger partial charge in [0, 0.05) is 30.3 Å². The fraction of sp³-hybridized carbons (Fsp3) is 0.571. The van der Waals surface area contributed by atoms with Crippen molar-refractivity contribution in [1.29, 1.82) is 0 Å². The Morgan fingerprint density at radius 3 is 2.76 bits per heavy atom. The monoisotopic (exact) mass is 232 g/mol. The summed E-state index contributed by atoms with van der Waals surface area (Å²) < 4.78 is 1.79. The Kier molecular flexibility index (Phi) is 3.18. The standard InChI is InChI=1S/C14H20N2O/c1-4-14(6-5-7-14)10-16-9-8-15-12(11(2)3)13(16)17/h4,8-9,11H,1,5-7,10H2,2-3H3. The van der Waals surface area contributed by atoms with Crippen molar-refractivity contribution in [2.45, 2.75) is 45.6 Å². The molecule has 1 aromatic rings. The lowest BCUT2D eigenvalue weighted by molar-refractivity contribution is 0.169. The van der Waals surface area contributed by atoms with E-state index in [4.69, 9.17) is 0 Å². The smallest absolute Gasteiger partial charge is 0.272 e. The summed E-state index contributed by atoms with van der Waals surface area (Å²) in [4.78, 5) is 16.4. The zero-order valence-electron chi connectivity index (χ0n) is 10.6. The average Bonchev–Trinajstić information content (AvgIpc) is 2.25. The maximum absolute atomic E-state index is 12.2. The number of aromatic nitrogens is 2. The Morgan fingerprint density at radius 2 is 2.29 bits per heavy atom. The molecule has 3 nitrogen and oxygen atoms in total. The van der Waals surface area contributed by atoms with E-state index in [0.29, 0.717) is 5.69 Å². The summed E-state index contributed by atoms with van der Waals surface area (Å²) in [5, 5.41) is 0. The third-order valence-corrected chi connectivity index (χ3v) is 3.75. The first-order chi connectivity index (χ1) is 8.08. The summed E-state index contributed by atoms with van der Waals surface area (Å²) in [7, 11) is 0. The Bertz CT molecular complexity index is 469. The topological polar surface area (TPSA) is 34.9 Å². The van der Waals surface area contributed by atoms with Crippen LogP contribution in [0.5, 0.6) is 0 Å². The van der Waals surface area contributed by atoms with Crippen LogP contribution >= 0.6 is 0 Å². The van der Waals surface area contributed by atoms with Gasteiger partial charge in [0.05, 0.1) is 0 Å². The maximum Gasteiger partial charge on any atom is 0.272 e. The van der Waals surface area contributed by atoms with Crippen molar-refractivity contribution in [3.63, 3.8) is 0 Å². The molecule has 0 aromatic carbocycles. The molecule has 2 rings (SSSR count). The van der Waals surface area contributed by atoms with Gasteiger partial charge in [-0.25, -0.2) is 0 Å². The van der Waals surface area contributed by atoms with Gasteiger partial charge in [0.25, 0.3) is 5.56 Å². The predicted octanol–water partition coefficient (Wildman–Crippen LogP) is 2.72. The minimum atomic E-state index is 0.0515. The van der Waals surface area contributed by atoms with Crippen LogP contribution in [-0.2, 0) is 6.54 Å². The van der Waals surface area contributed by atoms with E-state index >= 15 is 0 Å². The summed E-state index contributed by atoms with van der Waals surface area (Å²) in [6.45, 7) is 8.66. The fourth-order valence-electron chi connectivity index (χ4n) is 2.38. The fourth-order valence-corrected chi connectivity index (χ4v) is 2.38. The zero-order chi connectivity index (χ0) is 12.5. The van der Waals surface area contributed by atoms with Gasteiger partial charge in [-0.15, -0.1) is 6.58 Å². The zero-order valence-corrected chi connectivity index (χ0v) is 10.6. The number of nitrogens with zero attached hydrogens (tertiary/aromatic N) is 2. The van der Waals surface area contributed by atoms with Crippen molar-refractivity contribution < 1.29 is 0 Å². The van der Waals surface area contributed by atoms with Gasteiger partial charge in [0.2, 0.25) is 0 Å². The number of hydrogen-bond donors (Lipinski definition) is 0. The highest BCUT2D eigenvalue weighted by Crippen LogP contribution is 2.42. The molecule has 1 fully saturated rings. The molecule has 1 heterocycles. The first-order valence-electron chi connectivity index (χ1n) is 6.27. The van der Waals surface area contributed by atoms with E-state index in [-0.39, 0.29) is 16.9 Å². The lowest BCUT2D eigenvalue weighted by Gasteiger charge is -2.39. The van der Waals surface area contributed by atoms with E-state index in [2.05, 4.69) is 11.6 Å². The molecule has 0 unspecified atom stereocenters. The van der Waals surface area contributed by atoms with Crippen LogP contribution in [-0.4, -0.2) is 9.55 Å². The molecule has 92 valence electrons. The summed E-state index contributed by atoms with van der Waals surface area (Å²) in [5.41, 5.74) is 0.848. The molecule has 1 saturated carbocycles. The quantitative estimate of drug-likeness (QED) is 0.748. The van der Waals surface area contributed by atoms with Gasteiger partial charge in [0.15, 0.2) is 0 Å². The molecule has 1 aromatic heterocycles. The van der Waals surface area contributed by atoms with E-state index in [1.54, 1.807) is 17.0 Å². The Hall–Kier alpha value is -1.38. The van der Waals surface area contributed by atoms with E-state index in [1.807, 2.05) is 19.9 Å². The van der Waals surface area contributed by atoms with Gasteiger partial charge in [0.1, 0.15) is 5.69 Å². The molecule has 0 radical (unpaired) electrons. The lowest BCUT2D eigenvalue weighted by Crippen LogP contribution is -2.37. The van der Waals surface area contributed by atoms with Crippen molar-refractivity contribution in [2.75, 3.05) is 0 Å². The van der Waals surface area contributed by atoms with Gasteiger partial charge in [-0.1, -0.05) is 26.3 Å². The minimum Gasteiger partial charge on any atom is -0.312 e. The second kappa shape index (κ2) is 4.47. The Balaban J connectivity index is 2.30. The highest BCUT2D eigenvalue weighted by atomic mass is 16.1. The second-order valence-electron chi connectivity index (χ2n) is 5.32. The first kappa shape index (κ1) is 12.1. The molecule has 1 aliphatic carbocycles. The number of rotatable bonds is 4. The number of hydrogen-bond acceptors (Lipinski definition) is 2. The second-order valence-corrected chi connectivity index (χ2v) is 5.32. The molecule has 0 N–H and O–H groups in total. The molecule has 0 bridgehead atoms. The first-order valence-corrected chi connectivity index (χ1v) is 6.27. The van der Waals surface area contributed by atoms with Crippen LogP contribution in [0.15, 0.2) is 29.8 Å². The summed E-state index contributed by atoms with van der Waals surface area (Å²) in [6.07, 6.45) is 9.05. The molecule has 0 aliphatic heterocycles. The van der Waals surface area contributed by atoms with Gasteiger partial charge >= 0.3 is 0 Å². The van der Waals surface area contributed by atoms with Gasteiger partial charge in [-0.3, -0.25) is 9.78 Å². The van der Waals surface area contributed by atoms with Crippen molar-refractivity contribution in [1.82, 2.24) is 9.55 Å². The van der Waals surface area contributed by atoms with Gasteiger partial charge in [-0.05, 0) is 12.8 Å². The van der Waals surface area contributed by atoms with Gasteiger partial charge < -0.3 is 4.57 Å². The van der Waals surface area contributed by atoms with E-state index < -0.39 is 0 Å². The van der Waals surface area contributed by atoms with Crippen LogP contribution in [0.1, 0.15) is 44.7 Å². The SMILES string of the molecule is C=CC1(Cn2ccnc(C(C)C)c2=O)CCC1. The lowest BCUT2D eigenvalue weighted by atomic mass is 9.69. The summed E-state index contributed by atoms with van der Waals surface area (Å²) in [5.74, 6) is 0.177. The van der Waals surface area contributed by atoms with E-state index in [9.17, 15) is 4.79 Å². The summed E-state index contributed by atoms with van der Waals surface area (Å²) >= 11 is 0. The highest BCUT2D eigenvalue weighted by Gasteiger charge is 2.34. The Morgan fingerprint density at radius 1 is 1.59 bits per heavy atom. The molecule has 0 spiro atoms. The third kappa shape index (κ3) is 2.19.